The molecule has 6 nitrogen and oxygen atoms in total. The molecule has 1 aromatic rings. The molecule has 8 heteroatoms. The van der Waals surface area contributed by atoms with Gasteiger partial charge in [-0.1, -0.05) is 18.7 Å². The van der Waals surface area contributed by atoms with Crippen LogP contribution in [0.15, 0.2) is 5.16 Å². The maximum absolute atomic E-state index is 11.9. The molecule has 0 aliphatic carbocycles. The highest BCUT2D eigenvalue weighted by molar-refractivity contribution is 7.99. The van der Waals surface area contributed by atoms with E-state index in [4.69, 9.17) is 0 Å². The van der Waals surface area contributed by atoms with Crippen LogP contribution in [0.3, 0.4) is 0 Å². The Balaban J connectivity index is 1.75. The zero-order valence-corrected chi connectivity index (χ0v) is 13.5. The molecule has 0 aromatic carbocycles. The van der Waals surface area contributed by atoms with Gasteiger partial charge in [0, 0.05) is 29.4 Å². The van der Waals surface area contributed by atoms with Crippen molar-refractivity contribution in [3.63, 3.8) is 0 Å². The van der Waals surface area contributed by atoms with Gasteiger partial charge in [0.05, 0.1) is 6.54 Å². The van der Waals surface area contributed by atoms with Crippen molar-refractivity contribution >= 4 is 34.3 Å². The van der Waals surface area contributed by atoms with Crippen molar-refractivity contribution in [3.8, 4) is 0 Å². The number of carbonyl (C=O) groups is 1. The Labute approximate surface area is 127 Å². The van der Waals surface area contributed by atoms with Gasteiger partial charge in [0.25, 0.3) is 0 Å². The Hall–Kier alpha value is -0.700. The molecule has 1 saturated heterocycles. The van der Waals surface area contributed by atoms with Gasteiger partial charge in [0.15, 0.2) is 0 Å². The smallest absolute Gasteiger partial charge is 0.240 e. The highest BCUT2D eigenvalue weighted by atomic mass is 32.2. The number of hydrogen-bond acceptors (Lipinski definition) is 7. The summed E-state index contributed by atoms with van der Waals surface area (Å²) in [5.41, 5.74) is 0.0145. The zero-order valence-electron chi connectivity index (χ0n) is 11.9. The Morgan fingerprint density at radius 3 is 3.15 bits per heavy atom. The lowest BCUT2D eigenvalue weighted by molar-refractivity contribution is -0.115. The highest BCUT2D eigenvalue weighted by Gasteiger charge is 2.28. The molecule has 0 saturated carbocycles. The summed E-state index contributed by atoms with van der Waals surface area (Å²) < 4.78 is 4.21. The van der Waals surface area contributed by atoms with Crippen molar-refractivity contribution in [1.82, 2.24) is 20.0 Å². The van der Waals surface area contributed by atoms with E-state index in [9.17, 15) is 4.79 Å². The summed E-state index contributed by atoms with van der Waals surface area (Å²) in [6.45, 7) is 6.45. The fourth-order valence-corrected chi connectivity index (χ4v) is 3.35. The van der Waals surface area contributed by atoms with Crippen LogP contribution in [0.2, 0.25) is 0 Å². The number of nitrogens with zero attached hydrogens (tertiary/aromatic N) is 2. The first-order valence-corrected chi connectivity index (χ1v) is 8.59. The van der Waals surface area contributed by atoms with E-state index < -0.39 is 0 Å². The molecule has 112 valence electrons. The Morgan fingerprint density at radius 2 is 2.45 bits per heavy atom. The summed E-state index contributed by atoms with van der Waals surface area (Å²) in [6, 6.07) is 0. The lowest BCUT2D eigenvalue weighted by Crippen LogP contribution is -2.47. The predicted molar refractivity (Wildman–Crippen MR) is 83.4 cm³/mol. The molecule has 1 amide bonds. The maximum Gasteiger partial charge on any atom is 0.240 e. The molecule has 2 heterocycles. The van der Waals surface area contributed by atoms with Crippen molar-refractivity contribution in [2.24, 2.45) is 0 Å². The second kappa shape index (κ2) is 7.35. The minimum atomic E-state index is -0.0682. The van der Waals surface area contributed by atoms with E-state index in [1.165, 1.54) is 11.5 Å². The number of nitrogens with one attached hydrogen (secondary N) is 3. The van der Waals surface area contributed by atoms with Crippen molar-refractivity contribution in [2.45, 2.75) is 37.4 Å². The molecule has 1 aromatic heterocycles. The molecule has 1 unspecified atom stereocenters. The highest BCUT2D eigenvalue weighted by Crippen LogP contribution is 2.20. The number of rotatable bonds is 7. The molecule has 1 aliphatic rings. The fourth-order valence-electron chi connectivity index (χ4n) is 1.94. The van der Waals surface area contributed by atoms with Gasteiger partial charge in [-0.3, -0.25) is 10.1 Å². The van der Waals surface area contributed by atoms with Crippen LogP contribution in [0, 0.1) is 0 Å². The monoisotopic (exact) mass is 315 g/mol. The first kappa shape index (κ1) is 15.7. The molecule has 20 heavy (non-hydrogen) atoms. The fraction of sp³-hybridized carbons (Fsp3) is 0.750. The van der Waals surface area contributed by atoms with E-state index in [1.807, 2.05) is 0 Å². The predicted octanol–water partition coefficient (Wildman–Crippen LogP) is 1.32. The van der Waals surface area contributed by atoms with Crippen molar-refractivity contribution in [1.29, 1.82) is 0 Å². The molecular formula is C12H21N5OS2. The van der Waals surface area contributed by atoms with Crippen LogP contribution >= 0.6 is 23.3 Å². The summed E-state index contributed by atoms with van der Waals surface area (Å²) in [7, 11) is 0. The minimum Gasteiger partial charge on any atom is -0.315 e. The molecule has 1 fully saturated rings. The van der Waals surface area contributed by atoms with Crippen molar-refractivity contribution in [3.05, 3.63) is 0 Å². The maximum atomic E-state index is 11.9. The first-order chi connectivity index (χ1) is 9.61. The Bertz CT molecular complexity index is 445. The molecule has 1 atom stereocenters. The number of hydrogen-bond donors (Lipinski definition) is 3. The van der Waals surface area contributed by atoms with Gasteiger partial charge in [-0.15, -0.1) is 0 Å². The van der Waals surface area contributed by atoms with E-state index in [1.54, 1.807) is 11.8 Å². The molecule has 0 bridgehead atoms. The van der Waals surface area contributed by atoms with Gasteiger partial charge in [-0.25, -0.2) is 0 Å². The summed E-state index contributed by atoms with van der Waals surface area (Å²) in [4.78, 5) is 16.2. The van der Waals surface area contributed by atoms with Gasteiger partial charge in [0.2, 0.25) is 16.2 Å². The lowest BCUT2D eigenvalue weighted by Gasteiger charge is -2.23. The Kier molecular flexibility index (Phi) is 5.76. The summed E-state index contributed by atoms with van der Waals surface area (Å²) >= 11 is 2.85. The number of amides is 1. The molecule has 1 aliphatic heterocycles. The number of aromatic nitrogens is 2. The molecule has 2 rings (SSSR count). The largest absolute Gasteiger partial charge is 0.315 e. The summed E-state index contributed by atoms with van der Waals surface area (Å²) in [5.74, 6) is 0.929. The summed E-state index contributed by atoms with van der Waals surface area (Å²) in [6.07, 6.45) is 2.12. The topological polar surface area (TPSA) is 78.9 Å². The summed E-state index contributed by atoms with van der Waals surface area (Å²) in [5, 5.41) is 10.7. The average Bonchev–Trinajstić information content (AvgIpc) is 3.04. The third kappa shape index (κ3) is 4.69. The number of anilines is 1. The first-order valence-electron chi connectivity index (χ1n) is 6.83. The SMILES string of the molecule is CCCSc1nsc(NC(=O)CNC2(C)CCNC2)n1. The van der Waals surface area contributed by atoms with Gasteiger partial charge in [-0.05, 0) is 26.3 Å². The second-order valence-corrected chi connectivity index (χ2v) is 6.93. The standard InChI is InChI=1S/C12H21N5OS2/c1-3-6-19-11-16-10(20-17-11)15-9(18)7-14-12(2)4-5-13-8-12/h13-14H,3-8H2,1-2H3,(H,15,16,17,18). The van der Waals surface area contributed by atoms with Gasteiger partial charge < -0.3 is 10.6 Å². The zero-order chi connectivity index (χ0) is 14.4. The van der Waals surface area contributed by atoms with E-state index in [0.717, 1.165) is 36.8 Å². The van der Waals surface area contributed by atoms with E-state index in [0.29, 0.717) is 11.7 Å². The molecular weight excluding hydrogens is 294 g/mol. The average molecular weight is 315 g/mol. The van der Waals surface area contributed by atoms with E-state index in [2.05, 4.69) is 39.2 Å². The van der Waals surface area contributed by atoms with Gasteiger partial charge in [-0.2, -0.15) is 9.36 Å². The van der Waals surface area contributed by atoms with Crippen LogP contribution < -0.4 is 16.0 Å². The van der Waals surface area contributed by atoms with Crippen LogP contribution in [0.4, 0.5) is 5.13 Å². The second-order valence-electron chi connectivity index (χ2n) is 5.12. The minimum absolute atomic E-state index is 0.0145. The quantitative estimate of drug-likeness (QED) is 0.659. The molecule has 0 radical (unpaired) electrons. The normalized spacial score (nSPS) is 22.1. The van der Waals surface area contributed by atoms with Gasteiger partial charge in [0.1, 0.15) is 0 Å². The third-order valence-electron chi connectivity index (χ3n) is 3.13. The number of carbonyl (C=O) groups excluding carboxylic acids is 1. The van der Waals surface area contributed by atoms with Crippen LogP contribution in [-0.4, -0.2) is 46.2 Å². The Morgan fingerprint density at radius 1 is 1.60 bits per heavy atom. The van der Waals surface area contributed by atoms with Crippen LogP contribution in [0.5, 0.6) is 0 Å². The van der Waals surface area contributed by atoms with Crippen LogP contribution in [0.1, 0.15) is 26.7 Å². The molecule has 3 N–H and O–H groups in total. The van der Waals surface area contributed by atoms with E-state index >= 15 is 0 Å². The van der Waals surface area contributed by atoms with Gasteiger partial charge >= 0.3 is 0 Å². The molecule has 0 spiro atoms. The van der Waals surface area contributed by atoms with Crippen LogP contribution in [0.25, 0.3) is 0 Å². The van der Waals surface area contributed by atoms with E-state index in [-0.39, 0.29) is 11.4 Å². The lowest BCUT2D eigenvalue weighted by atomic mass is 10.0. The third-order valence-corrected chi connectivity index (χ3v) is 4.93. The van der Waals surface area contributed by atoms with Crippen molar-refractivity contribution in [2.75, 3.05) is 30.7 Å². The van der Waals surface area contributed by atoms with Crippen molar-refractivity contribution < 1.29 is 4.79 Å². The number of thioether (sulfide) groups is 1. The van der Waals surface area contributed by atoms with Crippen LogP contribution in [-0.2, 0) is 4.79 Å².